The third-order valence-electron chi connectivity index (χ3n) is 4.76. The van der Waals surface area contributed by atoms with Crippen molar-refractivity contribution < 1.29 is 18.3 Å². The second kappa shape index (κ2) is 11.5. The number of benzene rings is 2. The molecule has 1 aliphatic rings. The molecule has 0 bridgehead atoms. The quantitative estimate of drug-likeness (QED) is 0.418. The zero-order valence-electron chi connectivity index (χ0n) is 16.9. The Hall–Kier alpha value is -1.93. The average Bonchev–Trinajstić information content (AvgIpc) is 3.21. The smallest absolute Gasteiger partial charge is 0.387 e. The zero-order valence-corrected chi connectivity index (χ0v) is 19.4. The van der Waals surface area contributed by atoms with Crippen molar-refractivity contribution in [2.75, 3.05) is 17.2 Å². The third-order valence-corrected chi connectivity index (χ3v) is 5.89. The van der Waals surface area contributed by atoms with E-state index in [1.165, 1.54) is 29.8 Å². The van der Waals surface area contributed by atoms with Crippen molar-refractivity contribution in [2.45, 2.75) is 39.3 Å². The number of aliphatic imine (C=N–C) groups is 1. The summed E-state index contributed by atoms with van der Waals surface area (Å²) in [5.74, 6) is 0.824. The lowest BCUT2D eigenvalue weighted by Gasteiger charge is -2.23. The number of alkyl halides is 2. The maximum Gasteiger partial charge on any atom is 0.387 e. The molecule has 0 spiro atoms. The first-order chi connectivity index (χ1) is 14.0. The minimum absolute atomic E-state index is 0. The van der Waals surface area contributed by atoms with Crippen LogP contribution in [0.15, 0.2) is 53.5 Å². The van der Waals surface area contributed by atoms with Gasteiger partial charge in [-0.2, -0.15) is 8.78 Å². The molecule has 0 saturated carbocycles. The first-order valence-electron chi connectivity index (χ1n) is 9.65. The van der Waals surface area contributed by atoms with Gasteiger partial charge in [-0.3, -0.25) is 9.79 Å². The van der Waals surface area contributed by atoms with Crippen molar-refractivity contribution >= 4 is 45.4 Å². The number of anilines is 1. The largest absolute Gasteiger partial charge is 0.435 e. The summed E-state index contributed by atoms with van der Waals surface area (Å²) >= 11 is 1.65. The highest BCUT2D eigenvalue weighted by Crippen LogP contribution is 2.28. The fraction of sp³-hybridized carbons (Fsp3) is 0.364. The molecule has 1 atom stereocenters. The van der Waals surface area contributed by atoms with Crippen molar-refractivity contribution in [1.82, 2.24) is 0 Å². The molecule has 2 aromatic carbocycles. The number of thioether (sulfide) groups is 1. The second-order valence-electron chi connectivity index (χ2n) is 6.72. The van der Waals surface area contributed by atoms with E-state index < -0.39 is 6.61 Å². The standard InChI is InChI=1S/C22H24F2N2O2S.BrH/c1-3-15-5-9-18(10-6-15)26(22-25-17(4-2)14-29-22)13-20(27)16-7-11-19(12-8-16)28-21(23)24;/h5-12,17,21H,3-4,13-14H2,1-2H3;1H. The summed E-state index contributed by atoms with van der Waals surface area (Å²) in [4.78, 5) is 19.6. The summed E-state index contributed by atoms with van der Waals surface area (Å²) in [7, 11) is 0. The normalized spacial score (nSPS) is 15.5. The molecule has 1 unspecified atom stereocenters. The van der Waals surface area contributed by atoms with E-state index in [0.717, 1.165) is 29.4 Å². The van der Waals surface area contributed by atoms with Crippen molar-refractivity contribution in [3.63, 3.8) is 0 Å². The average molecular weight is 499 g/mol. The molecule has 0 amide bonds. The minimum atomic E-state index is -2.89. The molecule has 0 radical (unpaired) electrons. The van der Waals surface area contributed by atoms with Crippen molar-refractivity contribution in [3.8, 4) is 5.75 Å². The van der Waals surface area contributed by atoms with Crippen LogP contribution in [0.25, 0.3) is 0 Å². The van der Waals surface area contributed by atoms with E-state index in [2.05, 4.69) is 30.7 Å². The van der Waals surface area contributed by atoms with Crippen LogP contribution in [-0.2, 0) is 6.42 Å². The predicted octanol–water partition coefficient (Wildman–Crippen LogP) is 6.00. The van der Waals surface area contributed by atoms with Gasteiger partial charge in [0.25, 0.3) is 0 Å². The summed E-state index contributed by atoms with van der Waals surface area (Å²) in [5, 5.41) is 0.840. The SMILES string of the molecule is Br.CCc1ccc(N(CC(=O)c2ccc(OC(F)F)cc2)C2=NC(CC)CS2)cc1. The molecule has 3 rings (SSSR count). The molecule has 162 valence electrons. The highest BCUT2D eigenvalue weighted by atomic mass is 79.9. The molecule has 8 heteroatoms. The molecule has 30 heavy (non-hydrogen) atoms. The van der Waals surface area contributed by atoms with Crippen molar-refractivity contribution in [2.24, 2.45) is 4.99 Å². The van der Waals surface area contributed by atoms with Gasteiger partial charge in [0.05, 0.1) is 12.6 Å². The third kappa shape index (κ3) is 6.28. The number of nitrogens with zero attached hydrogens (tertiary/aromatic N) is 2. The molecular weight excluding hydrogens is 474 g/mol. The van der Waals surface area contributed by atoms with Gasteiger partial charge in [-0.1, -0.05) is 37.7 Å². The van der Waals surface area contributed by atoms with Gasteiger partial charge >= 0.3 is 6.61 Å². The van der Waals surface area contributed by atoms with E-state index in [0.29, 0.717) is 5.56 Å². The van der Waals surface area contributed by atoms with E-state index in [4.69, 9.17) is 4.99 Å². The molecule has 0 saturated heterocycles. The number of halogens is 3. The number of aryl methyl sites for hydroxylation is 1. The fourth-order valence-corrected chi connectivity index (χ4v) is 4.20. The van der Waals surface area contributed by atoms with Gasteiger partial charge in [0, 0.05) is 17.0 Å². The molecule has 2 aromatic rings. The molecule has 4 nitrogen and oxygen atoms in total. The Morgan fingerprint density at radius 2 is 1.83 bits per heavy atom. The predicted molar refractivity (Wildman–Crippen MR) is 125 cm³/mol. The maximum absolute atomic E-state index is 12.9. The number of hydrogen-bond acceptors (Lipinski definition) is 5. The van der Waals surface area contributed by atoms with E-state index >= 15 is 0 Å². The van der Waals surface area contributed by atoms with Crippen molar-refractivity contribution in [3.05, 3.63) is 59.7 Å². The molecular formula is C22H25BrF2N2O2S. The Morgan fingerprint density at radius 3 is 2.37 bits per heavy atom. The number of ether oxygens (including phenoxy) is 1. The zero-order chi connectivity index (χ0) is 20.8. The van der Waals surface area contributed by atoms with Crippen LogP contribution in [0.2, 0.25) is 0 Å². The van der Waals surface area contributed by atoms with E-state index in [9.17, 15) is 13.6 Å². The first-order valence-corrected chi connectivity index (χ1v) is 10.6. The van der Waals surface area contributed by atoms with Crippen molar-refractivity contribution in [1.29, 1.82) is 0 Å². The second-order valence-corrected chi connectivity index (χ2v) is 7.70. The van der Waals surface area contributed by atoms with Crippen LogP contribution in [0.5, 0.6) is 5.75 Å². The van der Waals surface area contributed by atoms with Crippen LogP contribution in [0, 0.1) is 0 Å². The first kappa shape index (κ1) is 24.3. The lowest BCUT2D eigenvalue weighted by atomic mass is 10.1. The van der Waals surface area contributed by atoms with Gasteiger partial charge in [0.15, 0.2) is 11.0 Å². The lowest BCUT2D eigenvalue weighted by molar-refractivity contribution is -0.0498. The maximum atomic E-state index is 12.9. The van der Waals surface area contributed by atoms with Gasteiger partial charge in [-0.05, 0) is 54.8 Å². The van der Waals surface area contributed by atoms with Crippen LogP contribution in [0.3, 0.4) is 0 Å². The summed E-state index contributed by atoms with van der Waals surface area (Å²) < 4.78 is 29.0. The highest BCUT2D eigenvalue weighted by Gasteiger charge is 2.25. The Morgan fingerprint density at radius 1 is 1.17 bits per heavy atom. The van der Waals surface area contributed by atoms with Crippen LogP contribution in [0.4, 0.5) is 14.5 Å². The summed E-state index contributed by atoms with van der Waals surface area (Å²) in [5.41, 5.74) is 2.58. The molecule has 0 fully saturated rings. The monoisotopic (exact) mass is 498 g/mol. The minimum Gasteiger partial charge on any atom is -0.435 e. The van der Waals surface area contributed by atoms with E-state index in [-0.39, 0.29) is 41.1 Å². The van der Waals surface area contributed by atoms with Gasteiger partial charge in [0.2, 0.25) is 0 Å². The van der Waals surface area contributed by atoms with Crippen LogP contribution < -0.4 is 9.64 Å². The topological polar surface area (TPSA) is 41.9 Å². The highest BCUT2D eigenvalue weighted by molar-refractivity contribution is 8.93. The van der Waals surface area contributed by atoms with Gasteiger partial charge < -0.3 is 9.64 Å². The fourth-order valence-electron chi connectivity index (χ4n) is 3.00. The van der Waals surface area contributed by atoms with Crippen LogP contribution in [-0.4, -0.2) is 35.9 Å². The number of hydrogen-bond donors (Lipinski definition) is 0. The summed E-state index contributed by atoms with van der Waals surface area (Å²) in [6.45, 7) is 1.44. The van der Waals surface area contributed by atoms with Crippen LogP contribution >= 0.6 is 28.7 Å². The lowest BCUT2D eigenvalue weighted by Crippen LogP contribution is -2.33. The number of rotatable bonds is 8. The Balaban J connectivity index is 0.00000320. The summed E-state index contributed by atoms with van der Waals surface area (Å²) in [6, 6.07) is 14.2. The number of Topliss-reactive ketones (excluding diaryl/α,β-unsaturated/α-hetero) is 1. The molecule has 1 aliphatic heterocycles. The Bertz CT molecular complexity index is 860. The number of carbonyl (C=O) groups is 1. The molecule has 0 aromatic heterocycles. The number of carbonyl (C=O) groups excluding carboxylic acids is 1. The van der Waals surface area contributed by atoms with Gasteiger partial charge in [-0.15, -0.1) is 17.0 Å². The number of amidine groups is 1. The summed E-state index contributed by atoms with van der Waals surface area (Å²) in [6.07, 6.45) is 1.90. The molecule has 0 aliphatic carbocycles. The van der Waals surface area contributed by atoms with E-state index in [1.54, 1.807) is 11.8 Å². The van der Waals surface area contributed by atoms with E-state index in [1.807, 2.05) is 17.0 Å². The van der Waals surface area contributed by atoms with Gasteiger partial charge in [0.1, 0.15) is 5.75 Å². The number of ketones is 1. The van der Waals surface area contributed by atoms with Gasteiger partial charge in [-0.25, -0.2) is 0 Å². The Kier molecular flexibility index (Phi) is 9.30. The van der Waals surface area contributed by atoms with Crippen LogP contribution in [0.1, 0.15) is 36.2 Å². The molecule has 0 N–H and O–H groups in total. The molecule has 1 heterocycles. The Labute approximate surface area is 190 Å².